The summed E-state index contributed by atoms with van der Waals surface area (Å²) in [6, 6.07) is 53.6. The molecule has 0 fully saturated rings. The number of nitrogens with zero attached hydrogens (tertiary/aromatic N) is 2. The minimum absolute atomic E-state index is 0.0284. The Hall–Kier alpha value is -5.80. The largest absolute Gasteiger partial charge is 0.311 e. The summed E-state index contributed by atoms with van der Waals surface area (Å²) >= 11 is 0. The van der Waals surface area contributed by atoms with Gasteiger partial charge in [-0.3, -0.25) is 0 Å². The zero-order valence-electron chi connectivity index (χ0n) is 43.7. The van der Waals surface area contributed by atoms with E-state index in [1.165, 1.54) is 44.3 Å². The third-order valence-corrected chi connectivity index (χ3v) is 15.4. The van der Waals surface area contributed by atoms with E-state index in [1.807, 2.05) is 12.1 Å². The van der Waals surface area contributed by atoms with Crippen molar-refractivity contribution in [3.8, 4) is 11.1 Å². The van der Waals surface area contributed by atoms with Crippen molar-refractivity contribution in [3.63, 3.8) is 0 Å². The molecule has 2 heterocycles. The lowest BCUT2D eigenvalue weighted by atomic mass is 9.33. The van der Waals surface area contributed by atoms with Gasteiger partial charge in [-0.05, 0) is 151 Å². The molecular formula is C62H67BN2. The minimum atomic E-state index is -2.38. The molecule has 0 saturated carbocycles. The van der Waals surface area contributed by atoms with Crippen molar-refractivity contribution in [1.82, 2.24) is 0 Å². The van der Waals surface area contributed by atoms with E-state index in [0.29, 0.717) is 5.56 Å². The Bertz CT molecular complexity index is 3090. The summed E-state index contributed by atoms with van der Waals surface area (Å²) in [4.78, 5) is 4.82. The van der Waals surface area contributed by atoms with Crippen LogP contribution in [-0.4, -0.2) is 6.71 Å². The van der Waals surface area contributed by atoms with Crippen molar-refractivity contribution in [2.45, 2.75) is 130 Å². The van der Waals surface area contributed by atoms with Crippen LogP contribution in [0, 0.1) is 6.85 Å². The molecular weight excluding hydrogens is 784 g/mol. The van der Waals surface area contributed by atoms with Crippen molar-refractivity contribution in [2.75, 3.05) is 9.80 Å². The fraction of sp³-hybridized carbons (Fsp3) is 0.323. The molecule has 328 valence electrons. The highest BCUT2D eigenvalue weighted by Gasteiger charge is 2.47. The van der Waals surface area contributed by atoms with E-state index in [1.54, 1.807) is 0 Å². The van der Waals surface area contributed by atoms with Gasteiger partial charge in [0.05, 0.1) is 5.69 Å². The molecule has 1 aliphatic carbocycles. The Kier molecular flexibility index (Phi) is 9.05. The summed E-state index contributed by atoms with van der Waals surface area (Å²) < 4.78 is 27.4. The molecule has 2 nitrogen and oxygen atoms in total. The van der Waals surface area contributed by atoms with Gasteiger partial charge in [-0.1, -0.05) is 180 Å². The van der Waals surface area contributed by atoms with E-state index < -0.39 is 6.85 Å². The van der Waals surface area contributed by atoms with Crippen molar-refractivity contribution in [3.05, 3.63) is 185 Å². The van der Waals surface area contributed by atoms with Crippen LogP contribution < -0.4 is 26.2 Å². The monoisotopic (exact) mass is 854 g/mol. The van der Waals surface area contributed by atoms with E-state index >= 15 is 0 Å². The van der Waals surface area contributed by atoms with Crippen LogP contribution in [0.3, 0.4) is 0 Å². The molecule has 0 atom stereocenters. The Labute approximate surface area is 395 Å². The first-order valence-electron chi connectivity index (χ1n) is 25.3. The quantitative estimate of drug-likeness (QED) is 0.159. The SMILES string of the molecule is [2H]C([2H])([2H])c1cc2c3c(c1)N(c1ccc(C(C)(C)c4ccccc4)cc1-c1ccccc1)c1cc4c(cc1B3c1cc(C(C)(C)C)ccc1N2c1ccc(C(C)(C)C)cc1)C(C)(C)CCC4(C)C. The molecule has 7 aromatic carbocycles. The molecule has 3 aliphatic rings. The zero-order chi connectivity index (χ0) is 48.5. The molecule has 0 spiro atoms. The number of benzene rings is 7. The van der Waals surface area contributed by atoms with Crippen LogP contribution in [-0.2, 0) is 27.1 Å². The van der Waals surface area contributed by atoms with Crippen LogP contribution in [0.25, 0.3) is 11.1 Å². The highest BCUT2D eigenvalue weighted by Crippen LogP contribution is 2.52. The number of fused-ring (bicyclic) bond motifs is 5. The average Bonchev–Trinajstić information content (AvgIpc) is 3.29. The van der Waals surface area contributed by atoms with Crippen molar-refractivity contribution in [1.29, 1.82) is 0 Å². The van der Waals surface area contributed by atoms with Gasteiger partial charge < -0.3 is 9.80 Å². The summed E-state index contributed by atoms with van der Waals surface area (Å²) in [5.41, 5.74) is 19.5. The first-order chi connectivity index (χ1) is 31.9. The lowest BCUT2D eigenvalue weighted by Gasteiger charge is -2.48. The molecule has 0 amide bonds. The standard InChI is InChI=1S/C62H67BN2/c1-40-34-55-57-56(35-40)65(52-30-27-45(36-47(52)41-20-16-14-17-21-41)62(12,13)43-22-18-15-19-23-43)54-39-49-48(60(8,9)32-33-61(49,10)11)38-51(54)63(57)50-37-44(59(5,6)7)26-31-53(50)64(55)46-28-24-42(25-29-46)58(2,3)4/h14-31,34-39H,32-33H2,1-13H3/i1D3. The van der Waals surface area contributed by atoms with Crippen LogP contribution in [0.15, 0.2) is 146 Å². The van der Waals surface area contributed by atoms with Crippen molar-refractivity contribution < 1.29 is 4.11 Å². The summed E-state index contributed by atoms with van der Waals surface area (Å²) in [6.45, 7) is 25.4. The predicted octanol–water partition coefficient (Wildman–Crippen LogP) is 15.0. The van der Waals surface area contributed by atoms with Crippen LogP contribution in [0.5, 0.6) is 0 Å². The second kappa shape index (κ2) is 14.9. The number of anilines is 6. The van der Waals surface area contributed by atoms with Gasteiger partial charge >= 0.3 is 0 Å². The fourth-order valence-corrected chi connectivity index (χ4v) is 11.2. The van der Waals surface area contributed by atoms with E-state index in [-0.39, 0.29) is 33.8 Å². The van der Waals surface area contributed by atoms with Crippen LogP contribution >= 0.6 is 0 Å². The summed E-state index contributed by atoms with van der Waals surface area (Å²) in [5.74, 6) is 0. The first kappa shape index (κ1) is 39.6. The summed E-state index contributed by atoms with van der Waals surface area (Å²) in [6.07, 6.45) is 2.18. The van der Waals surface area contributed by atoms with Crippen LogP contribution in [0.1, 0.15) is 139 Å². The molecule has 0 radical (unpaired) electrons. The van der Waals surface area contributed by atoms with Gasteiger partial charge in [0.1, 0.15) is 0 Å². The maximum Gasteiger partial charge on any atom is 0.252 e. The molecule has 3 heteroatoms. The van der Waals surface area contributed by atoms with E-state index in [9.17, 15) is 0 Å². The second-order valence-electron chi connectivity index (χ2n) is 23.2. The smallest absolute Gasteiger partial charge is 0.252 e. The van der Waals surface area contributed by atoms with E-state index in [0.717, 1.165) is 63.6 Å². The van der Waals surface area contributed by atoms with Gasteiger partial charge in [0.2, 0.25) is 0 Å². The molecule has 0 bridgehead atoms. The molecule has 10 rings (SSSR count). The van der Waals surface area contributed by atoms with E-state index in [4.69, 9.17) is 4.11 Å². The molecule has 0 saturated heterocycles. The average molecular weight is 854 g/mol. The number of aryl methyl sites for hydroxylation is 1. The van der Waals surface area contributed by atoms with Crippen molar-refractivity contribution >= 4 is 57.2 Å². The van der Waals surface area contributed by atoms with Crippen LogP contribution in [0.4, 0.5) is 34.1 Å². The molecule has 65 heavy (non-hydrogen) atoms. The molecule has 0 aromatic heterocycles. The highest BCUT2D eigenvalue weighted by molar-refractivity contribution is 7.00. The summed E-state index contributed by atoms with van der Waals surface area (Å²) in [5, 5.41) is 0. The normalized spacial score (nSPS) is 17.0. The Morgan fingerprint density at radius 2 is 1.02 bits per heavy atom. The van der Waals surface area contributed by atoms with Gasteiger partial charge in [-0.2, -0.15) is 0 Å². The Morgan fingerprint density at radius 3 is 1.63 bits per heavy atom. The fourth-order valence-electron chi connectivity index (χ4n) is 11.2. The van der Waals surface area contributed by atoms with Crippen molar-refractivity contribution in [2.24, 2.45) is 0 Å². The maximum atomic E-state index is 9.13. The van der Waals surface area contributed by atoms with Gasteiger partial charge in [-0.25, -0.2) is 0 Å². The minimum Gasteiger partial charge on any atom is -0.311 e. The third kappa shape index (κ3) is 7.08. The first-order valence-corrected chi connectivity index (χ1v) is 23.8. The predicted molar refractivity (Wildman–Crippen MR) is 282 cm³/mol. The highest BCUT2D eigenvalue weighted by atomic mass is 15.2. The van der Waals surface area contributed by atoms with E-state index in [2.05, 4.69) is 226 Å². The number of hydrogen-bond acceptors (Lipinski definition) is 2. The molecule has 0 N–H and O–H groups in total. The number of hydrogen-bond donors (Lipinski definition) is 0. The molecule has 0 unspecified atom stereocenters. The lowest BCUT2D eigenvalue weighted by molar-refractivity contribution is 0.332. The van der Waals surface area contributed by atoms with Gasteiger partial charge in [-0.15, -0.1) is 0 Å². The van der Waals surface area contributed by atoms with Crippen LogP contribution in [0.2, 0.25) is 0 Å². The topological polar surface area (TPSA) is 6.48 Å². The third-order valence-electron chi connectivity index (χ3n) is 15.4. The van der Waals surface area contributed by atoms with Gasteiger partial charge in [0.25, 0.3) is 6.71 Å². The molecule has 2 aliphatic heterocycles. The Balaban J connectivity index is 1.36. The number of rotatable bonds is 5. The molecule has 7 aromatic rings. The lowest BCUT2D eigenvalue weighted by Crippen LogP contribution is -2.62. The van der Waals surface area contributed by atoms with Gasteiger partial charge in [0, 0.05) is 43.5 Å². The Morgan fingerprint density at radius 1 is 0.477 bits per heavy atom. The van der Waals surface area contributed by atoms with Gasteiger partial charge in [0.15, 0.2) is 0 Å². The zero-order valence-corrected chi connectivity index (χ0v) is 40.7. The maximum absolute atomic E-state index is 9.13. The summed E-state index contributed by atoms with van der Waals surface area (Å²) in [7, 11) is 0. The second-order valence-corrected chi connectivity index (χ2v) is 23.2.